The van der Waals surface area contributed by atoms with Crippen molar-refractivity contribution in [2.75, 3.05) is 26.2 Å². The Balaban J connectivity index is 1.43. The van der Waals surface area contributed by atoms with E-state index in [1.54, 1.807) is 25.6 Å². The maximum Gasteiger partial charge on any atom is 0.261 e. The highest BCUT2D eigenvalue weighted by Gasteiger charge is 2.35. The number of fused-ring (bicyclic) bond motifs is 2. The molecule has 2 aliphatic carbocycles. The molecule has 0 atom stereocenters. The average molecular weight is 559 g/mol. The number of ether oxygens (including phenoxy) is 2. The zero-order chi connectivity index (χ0) is 27.8. The van der Waals surface area contributed by atoms with Gasteiger partial charge in [0.15, 0.2) is 0 Å². The van der Waals surface area contributed by atoms with Crippen molar-refractivity contribution in [2.24, 2.45) is 0 Å². The van der Waals surface area contributed by atoms with Gasteiger partial charge in [0, 0.05) is 41.2 Å². The van der Waals surface area contributed by atoms with Crippen LogP contribution in [0.1, 0.15) is 57.7 Å². The van der Waals surface area contributed by atoms with Crippen molar-refractivity contribution in [3.63, 3.8) is 0 Å². The van der Waals surface area contributed by atoms with Crippen LogP contribution < -0.4 is 19.9 Å². The van der Waals surface area contributed by atoms with Crippen molar-refractivity contribution in [2.45, 2.75) is 57.7 Å². The van der Waals surface area contributed by atoms with Crippen LogP contribution in [0.25, 0.3) is 10.9 Å². The molecule has 0 aliphatic heterocycles. The lowest BCUT2D eigenvalue weighted by Gasteiger charge is -2.27. The zero-order valence-corrected chi connectivity index (χ0v) is 24.0. The second kappa shape index (κ2) is 11.0. The molecule has 4 aromatic rings. The summed E-state index contributed by atoms with van der Waals surface area (Å²) in [4.78, 5) is 40.3. The summed E-state index contributed by atoms with van der Waals surface area (Å²) < 4.78 is 11.3. The fourth-order valence-electron chi connectivity index (χ4n) is 5.67. The van der Waals surface area contributed by atoms with Crippen LogP contribution in [0.4, 0.5) is 5.82 Å². The van der Waals surface area contributed by atoms with E-state index in [4.69, 9.17) is 14.5 Å². The number of hydrogen-bond donors (Lipinski definition) is 1. The van der Waals surface area contributed by atoms with Crippen LogP contribution in [0, 0.1) is 0 Å². The number of pyridine rings is 2. The number of aromatic amines is 1. The van der Waals surface area contributed by atoms with Crippen molar-refractivity contribution < 1.29 is 14.3 Å². The average Bonchev–Trinajstić information content (AvgIpc) is 3.69. The Bertz CT molecular complexity index is 1610. The van der Waals surface area contributed by atoms with Gasteiger partial charge in [-0.05, 0) is 79.8 Å². The number of carbonyl (C=O) groups is 1. The number of anilines is 1. The molecule has 0 spiro atoms. The first-order chi connectivity index (χ1) is 19.5. The lowest BCUT2D eigenvalue weighted by molar-refractivity contribution is 0.0728. The van der Waals surface area contributed by atoms with Gasteiger partial charge < -0.3 is 24.3 Å². The van der Waals surface area contributed by atoms with Crippen molar-refractivity contribution in [1.82, 2.24) is 14.9 Å². The van der Waals surface area contributed by atoms with E-state index in [1.807, 2.05) is 36.2 Å². The second-order valence-corrected chi connectivity index (χ2v) is 11.7. The number of methoxy groups -OCH3 is 2. The lowest BCUT2D eigenvalue weighted by Crippen LogP contribution is -2.37. The van der Waals surface area contributed by atoms with Gasteiger partial charge in [-0.3, -0.25) is 9.59 Å². The van der Waals surface area contributed by atoms with Gasteiger partial charge in [-0.2, -0.15) is 0 Å². The monoisotopic (exact) mass is 558 g/mol. The van der Waals surface area contributed by atoms with E-state index < -0.39 is 0 Å². The molecule has 6 rings (SSSR count). The van der Waals surface area contributed by atoms with Crippen LogP contribution in [-0.2, 0) is 25.9 Å². The van der Waals surface area contributed by atoms with Crippen LogP contribution in [0.2, 0.25) is 0 Å². The molecule has 40 heavy (non-hydrogen) atoms. The molecule has 1 fully saturated rings. The van der Waals surface area contributed by atoms with Crippen molar-refractivity contribution >= 4 is 34.0 Å². The van der Waals surface area contributed by atoms with Crippen molar-refractivity contribution in [3.05, 3.63) is 79.4 Å². The van der Waals surface area contributed by atoms with E-state index >= 15 is 0 Å². The smallest absolute Gasteiger partial charge is 0.261 e. The van der Waals surface area contributed by atoms with Gasteiger partial charge in [0.05, 0.1) is 20.8 Å². The van der Waals surface area contributed by atoms with Crippen LogP contribution in [-0.4, -0.2) is 48.1 Å². The van der Waals surface area contributed by atoms with Crippen LogP contribution in [0.15, 0.2) is 46.6 Å². The van der Waals surface area contributed by atoms with Gasteiger partial charge in [0.1, 0.15) is 28.4 Å². The maximum atomic E-state index is 14.0. The molecule has 1 aromatic carbocycles. The fraction of sp³-hybridized carbons (Fsp3) is 0.387. The van der Waals surface area contributed by atoms with Gasteiger partial charge in [-0.1, -0.05) is 6.07 Å². The predicted octanol–water partition coefficient (Wildman–Crippen LogP) is 5.32. The number of nitrogens with zero attached hydrogens (tertiary/aromatic N) is 3. The van der Waals surface area contributed by atoms with Gasteiger partial charge in [0.2, 0.25) is 0 Å². The molecule has 0 bridgehead atoms. The summed E-state index contributed by atoms with van der Waals surface area (Å²) in [6, 6.07) is 11.9. The Labute approximate surface area is 237 Å². The van der Waals surface area contributed by atoms with Gasteiger partial charge in [0.25, 0.3) is 11.5 Å². The normalized spacial score (nSPS) is 14.6. The topological polar surface area (TPSA) is 87.8 Å². The molecule has 3 heterocycles. The largest absolute Gasteiger partial charge is 0.496 e. The van der Waals surface area contributed by atoms with Crippen LogP contribution in [0.3, 0.4) is 0 Å². The highest BCUT2D eigenvalue weighted by molar-refractivity contribution is 7.09. The van der Waals surface area contributed by atoms with E-state index in [0.29, 0.717) is 30.1 Å². The third-order valence-corrected chi connectivity index (χ3v) is 8.76. The summed E-state index contributed by atoms with van der Waals surface area (Å²) in [7, 11) is 5.29. The predicted molar refractivity (Wildman–Crippen MR) is 158 cm³/mol. The van der Waals surface area contributed by atoms with Gasteiger partial charge in [-0.25, -0.2) is 4.98 Å². The summed E-state index contributed by atoms with van der Waals surface area (Å²) in [5.74, 6) is 1.89. The molecule has 3 aromatic heterocycles. The van der Waals surface area contributed by atoms with Crippen LogP contribution >= 0.6 is 11.3 Å². The standard InChI is InChI=1S/C31H34N4O4S/c1-34(18-22-8-6-14-40-22)29-20(16-23-26(38-2)12-13-27(39-3)28(23)33-29)17-35(21-10-11-21)31(37)24-15-19-7-4-5-9-25(19)32-30(24)36/h6,8,12-16,21H,4-5,7,9-11,17-18H2,1-3H3,(H,32,36). The number of hydrogen-bond acceptors (Lipinski definition) is 7. The Morgan fingerprint density at radius 1 is 1.07 bits per heavy atom. The minimum Gasteiger partial charge on any atom is -0.496 e. The summed E-state index contributed by atoms with van der Waals surface area (Å²) in [6.07, 6.45) is 5.74. The summed E-state index contributed by atoms with van der Waals surface area (Å²) in [5.41, 5.74) is 3.60. The number of thiophene rings is 1. The van der Waals surface area contributed by atoms with Gasteiger partial charge >= 0.3 is 0 Å². The third-order valence-electron chi connectivity index (χ3n) is 7.90. The molecule has 2 aliphatic rings. The number of benzene rings is 1. The summed E-state index contributed by atoms with van der Waals surface area (Å²) >= 11 is 1.70. The molecule has 1 N–H and O–H groups in total. The van der Waals surface area contributed by atoms with Crippen LogP contribution in [0.5, 0.6) is 11.5 Å². The number of amides is 1. The lowest BCUT2D eigenvalue weighted by atomic mass is 9.95. The first-order valence-electron chi connectivity index (χ1n) is 13.8. The Morgan fingerprint density at radius 3 is 2.58 bits per heavy atom. The number of carbonyl (C=O) groups excluding carboxylic acids is 1. The van der Waals surface area contributed by atoms with E-state index in [1.165, 1.54) is 4.88 Å². The highest BCUT2D eigenvalue weighted by atomic mass is 32.1. The molecule has 0 saturated heterocycles. The molecule has 208 valence electrons. The SMILES string of the molecule is COc1ccc(OC)c2nc(N(C)Cc3cccs3)c(CN(C(=O)c3cc4c([nH]c3=O)CCCC4)C3CC3)cc12. The molecule has 0 unspecified atom stereocenters. The summed E-state index contributed by atoms with van der Waals surface area (Å²) in [6.45, 7) is 1.02. The van der Waals surface area contributed by atoms with E-state index in [-0.39, 0.29) is 23.1 Å². The highest BCUT2D eigenvalue weighted by Crippen LogP contribution is 2.38. The molecule has 0 radical (unpaired) electrons. The molecule has 8 nitrogen and oxygen atoms in total. The quantitative estimate of drug-likeness (QED) is 0.299. The third kappa shape index (κ3) is 5.06. The molecule has 1 amide bonds. The first-order valence-corrected chi connectivity index (χ1v) is 14.7. The van der Waals surface area contributed by atoms with Crippen molar-refractivity contribution in [3.8, 4) is 11.5 Å². The Hall–Kier alpha value is -3.85. The Kier molecular flexibility index (Phi) is 7.23. The fourth-order valence-corrected chi connectivity index (χ4v) is 6.42. The number of H-pyrrole nitrogens is 1. The molecule has 9 heteroatoms. The molecule has 1 saturated carbocycles. The minimum atomic E-state index is -0.297. The minimum absolute atomic E-state index is 0.0984. The molecular weight excluding hydrogens is 524 g/mol. The number of rotatable bonds is 9. The van der Waals surface area contributed by atoms with Gasteiger partial charge in [-0.15, -0.1) is 11.3 Å². The van der Waals surface area contributed by atoms with E-state index in [0.717, 1.165) is 66.5 Å². The maximum absolute atomic E-state index is 14.0. The van der Waals surface area contributed by atoms with E-state index in [2.05, 4.69) is 27.4 Å². The number of aryl methyl sites for hydroxylation is 2. The number of aromatic nitrogens is 2. The van der Waals surface area contributed by atoms with E-state index in [9.17, 15) is 9.59 Å². The Morgan fingerprint density at radius 2 is 1.85 bits per heavy atom. The van der Waals surface area contributed by atoms with Crippen molar-refractivity contribution in [1.29, 1.82) is 0 Å². The molecular formula is C31H34N4O4S. The number of nitrogens with one attached hydrogen (secondary N) is 1. The first kappa shape index (κ1) is 26.4. The summed E-state index contributed by atoms with van der Waals surface area (Å²) in [5, 5.41) is 2.88. The second-order valence-electron chi connectivity index (χ2n) is 10.7. The zero-order valence-electron chi connectivity index (χ0n) is 23.2.